The molecule has 14 heavy (non-hydrogen) atoms. The topological polar surface area (TPSA) is 54.6 Å². The number of hydrogen-bond acceptors (Lipinski definition) is 2. The largest absolute Gasteiger partial charge is 0.478 e. The van der Waals surface area contributed by atoms with E-state index in [-0.39, 0.29) is 5.56 Å². The number of nitrogens with zero attached hydrogens (tertiary/aromatic N) is 2. The third kappa shape index (κ3) is 1.21. The summed E-state index contributed by atoms with van der Waals surface area (Å²) in [6.07, 6.45) is 3.08. The SMILES string of the molecule is Cc1c(Br)ccn2ncc(C(=O)O)c12. The van der Waals surface area contributed by atoms with Crippen LogP contribution in [-0.4, -0.2) is 20.7 Å². The molecule has 0 atom stereocenters. The highest BCUT2D eigenvalue weighted by Crippen LogP contribution is 2.22. The van der Waals surface area contributed by atoms with Crippen LogP contribution in [0.1, 0.15) is 15.9 Å². The van der Waals surface area contributed by atoms with Crippen molar-refractivity contribution >= 4 is 27.4 Å². The van der Waals surface area contributed by atoms with Gasteiger partial charge in [-0.3, -0.25) is 0 Å². The predicted octanol–water partition coefficient (Wildman–Crippen LogP) is 2.10. The minimum atomic E-state index is -0.957. The second kappa shape index (κ2) is 3.09. The number of carboxylic acids is 1. The molecule has 0 fully saturated rings. The van der Waals surface area contributed by atoms with Crippen LogP contribution in [0.5, 0.6) is 0 Å². The molecule has 0 saturated carbocycles. The van der Waals surface area contributed by atoms with Crippen molar-refractivity contribution in [1.29, 1.82) is 0 Å². The molecule has 0 radical (unpaired) electrons. The summed E-state index contributed by atoms with van der Waals surface area (Å²) < 4.78 is 2.44. The number of carboxylic acid groups (broad SMARTS) is 1. The Balaban J connectivity index is 2.89. The van der Waals surface area contributed by atoms with Crippen LogP contribution in [0.15, 0.2) is 22.9 Å². The highest BCUT2D eigenvalue weighted by molar-refractivity contribution is 9.10. The Morgan fingerprint density at radius 2 is 2.36 bits per heavy atom. The zero-order chi connectivity index (χ0) is 10.3. The lowest BCUT2D eigenvalue weighted by molar-refractivity contribution is 0.0699. The van der Waals surface area contributed by atoms with Gasteiger partial charge in [0.15, 0.2) is 0 Å². The van der Waals surface area contributed by atoms with Gasteiger partial charge >= 0.3 is 5.97 Å². The van der Waals surface area contributed by atoms with Crippen molar-refractivity contribution in [3.8, 4) is 0 Å². The first-order valence-corrected chi connectivity index (χ1v) is 4.76. The van der Waals surface area contributed by atoms with Crippen molar-refractivity contribution in [1.82, 2.24) is 9.61 Å². The molecule has 2 heterocycles. The van der Waals surface area contributed by atoms with Gasteiger partial charge in [0.25, 0.3) is 0 Å². The highest BCUT2D eigenvalue weighted by atomic mass is 79.9. The molecule has 0 bridgehead atoms. The fourth-order valence-electron chi connectivity index (χ4n) is 1.38. The minimum Gasteiger partial charge on any atom is -0.478 e. The summed E-state index contributed by atoms with van der Waals surface area (Å²) in [5, 5.41) is 12.9. The molecule has 0 unspecified atom stereocenters. The molecule has 2 aromatic rings. The molecule has 0 amide bonds. The van der Waals surface area contributed by atoms with E-state index in [1.807, 2.05) is 13.0 Å². The Labute approximate surface area is 88.3 Å². The maximum absolute atomic E-state index is 10.9. The number of hydrogen-bond donors (Lipinski definition) is 1. The van der Waals surface area contributed by atoms with E-state index >= 15 is 0 Å². The van der Waals surface area contributed by atoms with Gasteiger partial charge in [-0.15, -0.1) is 0 Å². The average molecular weight is 255 g/mol. The second-order valence-electron chi connectivity index (χ2n) is 2.95. The maximum Gasteiger partial charge on any atom is 0.339 e. The van der Waals surface area contributed by atoms with Gasteiger partial charge in [-0.2, -0.15) is 5.10 Å². The van der Waals surface area contributed by atoms with E-state index in [2.05, 4.69) is 21.0 Å². The van der Waals surface area contributed by atoms with Gasteiger partial charge in [0, 0.05) is 10.7 Å². The number of fused-ring (bicyclic) bond motifs is 1. The molecule has 1 N–H and O–H groups in total. The van der Waals surface area contributed by atoms with Crippen LogP contribution >= 0.6 is 15.9 Å². The monoisotopic (exact) mass is 254 g/mol. The molecule has 2 rings (SSSR count). The second-order valence-corrected chi connectivity index (χ2v) is 3.80. The van der Waals surface area contributed by atoms with Crippen molar-refractivity contribution in [3.05, 3.63) is 34.1 Å². The zero-order valence-corrected chi connectivity index (χ0v) is 8.95. The van der Waals surface area contributed by atoms with E-state index in [1.165, 1.54) is 6.20 Å². The molecular formula is C9H7BrN2O2. The molecular weight excluding hydrogens is 248 g/mol. The Kier molecular flexibility index (Phi) is 2.03. The first kappa shape index (κ1) is 9.21. The molecule has 0 aliphatic rings. The molecule has 0 spiro atoms. The van der Waals surface area contributed by atoms with Crippen molar-refractivity contribution in [2.45, 2.75) is 6.92 Å². The van der Waals surface area contributed by atoms with Crippen LogP contribution in [-0.2, 0) is 0 Å². The van der Waals surface area contributed by atoms with E-state index in [4.69, 9.17) is 5.11 Å². The molecule has 0 aliphatic carbocycles. The van der Waals surface area contributed by atoms with Crippen LogP contribution in [0.4, 0.5) is 0 Å². The molecule has 5 heteroatoms. The van der Waals surface area contributed by atoms with Crippen molar-refractivity contribution in [2.24, 2.45) is 0 Å². The first-order valence-electron chi connectivity index (χ1n) is 3.97. The summed E-state index contributed by atoms with van der Waals surface area (Å²) in [4.78, 5) is 10.9. The molecule has 0 saturated heterocycles. The Hall–Kier alpha value is -1.36. The summed E-state index contributed by atoms with van der Waals surface area (Å²) in [6.45, 7) is 1.85. The Bertz CT molecular complexity index is 519. The summed E-state index contributed by atoms with van der Waals surface area (Å²) in [6, 6.07) is 1.83. The van der Waals surface area contributed by atoms with Crippen LogP contribution in [0.25, 0.3) is 5.52 Å². The van der Waals surface area contributed by atoms with Gasteiger partial charge in [-0.25, -0.2) is 9.31 Å². The van der Waals surface area contributed by atoms with E-state index in [0.717, 1.165) is 10.0 Å². The quantitative estimate of drug-likeness (QED) is 0.848. The first-order chi connectivity index (χ1) is 6.61. The number of aryl methyl sites for hydroxylation is 1. The predicted molar refractivity (Wildman–Crippen MR) is 54.6 cm³/mol. The lowest BCUT2D eigenvalue weighted by Crippen LogP contribution is -1.97. The van der Waals surface area contributed by atoms with Gasteiger partial charge in [0.1, 0.15) is 5.56 Å². The molecule has 2 aromatic heterocycles. The van der Waals surface area contributed by atoms with Gasteiger partial charge in [0.05, 0.1) is 11.7 Å². The van der Waals surface area contributed by atoms with Gasteiger partial charge in [-0.05, 0) is 18.6 Å². The number of rotatable bonds is 1. The number of pyridine rings is 1. The fourth-order valence-corrected chi connectivity index (χ4v) is 1.69. The van der Waals surface area contributed by atoms with Crippen molar-refractivity contribution in [2.75, 3.05) is 0 Å². The Morgan fingerprint density at radius 3 is 3.00 bits per heavy atom. The van der Waals surface area contributed by atoms with E-state index < -0.39 is 5.97 Å². The molecule has 0 aliphatic heterocycles. The lowest BCUT2D eigenvalue weighted by atomic mass is 10.2. The van der Waals surface area contributed by atoms with Gasteiger partial charge in [-0.1, -0.05) is 15.9 Å². The van der Waals surface area contributed by atoms with Crippen LogP contribution in [0.2, 0.25) is 0 Å². The average Bonchev–Trinajstić information content (AvgIpc) is 2.55. The standard InChI is InChI=1S/C9H7BrN2O2/c1-5-7(10)2-3-12-8(5)6(4-11-12)9(13)14/h2-4H,1H3,(H,13,14). The summed E-state index contributed by atoms with van der Waals surface area (Å²) >= 11 is 3.35. The third-order valence-electron chi connectivity index (χ3n) is 2.10. The van der Waals surface area contributed by atoms with Gasteiger partial charge in [0.2, 0.25) is 0 Å². The summed E-state index contributed by atoms with van der Waals surface area (Å²) in [5.74, 6) is -0.957. The normalized spacial score (nSPS) is 10.7. The lowest BCUT2D eigenvalue weighted by Gasteiger charge is -2.01. The van der Waals surface area contributed by atoms with Crippen molar-refractivity contribution < 1.29 is 9.90 Å². The van der Waals surface area contributed by atoms with E-state index in [1.54, 1.807) is 10.7 Å². The van der Waals surface area contributed by atoms with Crippen molar-refractivity contribution in [3.63, 3.8) is 0 Å². The smallest absolute Gasteiger partial charge is 0.339 e. The van der Waals surface area contributed by atoms with E-state index in [9.17, 15) is 4.79 Å². The molecule has 0 aromatic carbocycles. The maximum atomic E-state index is 10.9. The number of carbonyl (C=O) groups is 1. The number of aromatic nitrogens is 2. The highest BCUT2D eigenvalue weighted by Gasteiger charge is 2.14. The summed E-state index contributed by atoms with van der Waals surface area (Å²) in [5.41, 5.74) is 1.73. The van der Waals surface area contributed by atoms with E-state index in [0.29, 0.717) is 5.52 Å². The third-order valence-corrected chi connectivity index (χ3v) is 2.96. The molecule has 4 nitrogen and oxygen atoms in total. The minimum absolute atomic E-state index is 0.226. The van der Waals surface area contributed by atoms with Crippen LogP contribution < -0.4 is 0 Å². The number of aromatic carboxylic acids is 1. The Morgan fingerprint density at radius 1 is 1.64 bits per heavy atom. The van der Waals surface area contributed by atoms with Crippen LogP contribution in [0, 0.1) is 6.92 Å². The summed E-state index contributed by atoms with van der Waals surface area (Å²) in [7, 11) is 0. The molecule has 72 valence electrons. The van der Waals surface area contributed by atoms with Gasteiger partial charge < -0.3 is 5.11 Å². The van der Waals surface area contributed by atoms with Crippen LogP contribution in [0.3, 0.4) is 0 Å². The number of halogens is 1. The fraction of sp³-hybridized carbons (Fsp3) is 0.111. The zero-order valence-electron chi connectivity index (χ0n) is 7.36.